The summed E-state index contributed by atoms with van der Waals surface area (Å²) >= 11 is 0. The first-order chi connectivity index (χ1) is 14.8. The predicted octanol–water partition coefficient (Wildman–Crippen LogP) is 4.71. The van der Waals surface area contributed by atoms with E-state index in [2.05, 4.69) is 13.8 Å². The molecule has 0 radical (unpaired) electrons. The quantitative estimate of drug-likeness (QED) is 0.531. The third-order valence-corrected chi connectivity index (χ3v) is 5.55. The summed E-state index contributed by atoms with van der Waals surface area (Å²) in [6.45, 7) is 9.38. The van der Waals surface area contributed by atoms with Gasteiger partial charge in [0, 0.05) is 37.1 Å². The summed E-state index contributed by atoms with van der Waals surface area (Å²) in [5.41, 5.74) is 1.71. The van der Waals surface area contributed by atoms with Crippen molar-refractivity contribution < 1.29 is 9.59 Å². The normalized spacial score (nSPS) is 11.3. The third-order valence-electron chi connectivity index (χ3n) is 5.55. The molecule has 0 saturated carbocycles. The molecule has 0 fully saturated rings. The van der Waals surface area contributed by atoms with Gasteiger partial charge in [0.05, 0.1) is 6.54 Å². The van der Waals surface area contributed by atoms with Crippen LogP contribution in [0.4, 0.5) is 0 Å². The molecule has 0 bridgehead atoms. The number of nitrogens with zero attached hydrogens (tertiary/aromatic N) is 3. The highest BCUT2D eigenvalue weighted by Gasteiger charge is 2.26. The first-order valence-corrected chi connectivity index (χ1v) is 10.9. The Bertz CT molecular complexity index is 1050. The van der Waals surface area contributed by atoms with E-state index in [9.17, 15) is 9.59 Å². The predicted molar refractivity (Wildman–Crippen MR) is 126 cm³/mol. The average Bonchev–Trinajstić information content (AvgIpc) is 3.14. The van der Waals surface area contributed by atoms with Crippen molar-refractivity contribution in [2.45, 2.75) is 40.3 Å². The van der Waals surface area contributed by atoms with Crippen molar-refractivity contribution in [1.82, 2.24) is 14.4 Å². The summed E-state index contributed by atoms with van der Waals surface area (Å²) in [7, 11) is 1.98. The zero-order valence-electron chi connectivity index (χ0n) is 19.2. The number of aryl methyl sites for hydroxylation is 1. The standard InChI is InChI=1S/C26H33N3O2/c1-19(2)16-28(17-22-12-9-15-27(22)5)25(30)18-29(20(3)4)26(31)24-14-8-11-21-10-6-7-13-23(21)24/h6-15,19-20H,16-18H2,1-5H3. The van der Waals surface area contributed by atoms with Crippen LogP contribution >= 0.6 is 0 Å². The zero-order chi connectivity index (χ0) is 22.5. The Balaban J connectivity index is 1.85. The molecule has 0 aliphatic carbocycles. The Hall–Kier alpha value is -3.08. The van der Waals surface area contributed by atoms with Crippen LogP contribution in [-0.2, 0) is 18.4 Å². The molecule has 0 saturated heterocycles. The van der Waals surface area contributed by atoms with Gasteiger partial charge in [-0.3, -0.25) is 9.59 Å². The van der Waals surface area contributed by atoms with Gasteiger partial charge < -0.3 is 14.4 Å². The van der Waals surface area contributed by atoms with E-state index in [1.165, 1.54) is 0 Å². The van der Waals surface area contributed by atoms with Gasteiger partial charge in [-0.05, 0) is 48.7 Å². The topological polar surface area (TPSA) is 45.6 Å². The van der Waals surface area contributed by atoms with Crippen molar-refractivity contribution in [3.8, 4) is 0 Å². The van der Waals surface area contributed by atoms with Crippen LogP contribution < -0.4 is 0 Å². The molecule has 5 nitrogen and oxygen atoms in total. The second-order valence-corrected chi connectivity index (χ2v) is 8.83. The number of amides is 2. The van der Waals surface area contributed by atoms with Gasteiger partial charge in [-0.25, -0.2) is 0 Å². The number of benzene rings is 2. The lowest BCUT2D eigenvalue weighted by molar-refractivity contribution is -0.133. The fraction of sp³-hybridized carbons (Fsp3) is 0.385. The molecular weight excluding hydrogens is 386 g/mol. The van der Waals surface area contributed by atoms with Crippen LogP contribution in [0.1, 0.15) is 43.7 Å². The number of aromatic nitrogens is 1. The van der Waals surface area contributed by atoms with Crippen LogP contribution in [0.15, 0.2) is 60.8 Å². The highest BCUT2D eigenvalue weighted by Crippen LogP contribution is 2.21. The van der Waals surface area contributed by atoms with Crippen LogP contribution in [0, 0.1) is 5.92 Å². The van der Waals surface area contributed by atoms with Crippen molar-refractivity contribution >= 4 is 22.6 Å². The molecule has 0 N–H and O–H groups in total. The Kier molecular flexibility index (Phi) is 7.16. The van der Waals surface area contributed by atoms with Gasteiger partial charge >= 0.3 is 0 Å². The Labute approximate surface area is 185 Å². The molecule has 2 aromatic carbocycles. The number of rotatable bonds is 8. The number of hydrogen-bond acceptors (Lipinski definition) is 2. The van der Waals surface area contributed by atoms with E-state index in [1.807, 2.05) is 91.2 Å². The van der Waals surface area contributed by atoms with E-state index in [1.54, 1.807) is 4.90 Å². The molecule has 0 unspecified atom stereocenters. The van der Waals surface area contributed by atoms with Crippen LogP contribution in [-0.4, -0.2) is 45.3 Å². The number of carbonyl (C=O) groups excluding carboxylic acids is 2. The summed E-state index contributed by atoms with van der Waals surface area (Å²) in [6.07, 6.45) is 1.98. The summed E-state index contributed by atoms with van der Waals surface area (Å²) in [6, 6.07) is 17.5. The minimum Gasteiger partial charge on any atom is -0.353 e. The number of fused-ring (bicyclic) bond motifs is 1. The van der Waals surface area contributed by atoms with Crippen LogP contribution in [0.5, 0.6) is 0 Å². The number of carbonyl (C=O) groups is 2. The zero-order valence-corrected chi connectivity index (χ0v) is 19.2. The fourth-order valence-corrected chi connectivity index (χ4v) is 3.85. The monoisotopic (exact) mass is 419 g/mol. The lowest BCUT2D eigenvalue weighted by Gasteiger charge is -2.31. The lowest BCUT2D eigenvalue weighted by Crippen LogP contribution is -2.46. The third kappa shape index (κ3) is 5.35. The fourth-order valence-electron chi connectivity index (χ4n) is 3.85. The van der Waals surface area contributed by atoms with Crippen molar-refractivity contribution in [3.05, 3.63) is 72.1 Å². The first-order valence-electron chi connectivity index (χ1n) is 10.9. The van der Waals surface area contributed by atoms with Gasteiger partial charge in [0.2, 0.25) is 5.91 Å². The summed E-state index contributed by atoms with van der Waals surface area (Å²) in [5.74, 6) is 0.200. The van der Waals surface area contributed by atoms with E-state index in [-0.39, 0.29) is 24.4 Å². The second-order valence-electron chi connectivity index (χ2n) is 8.83. The Morgan fingerprint density at radius 2 is 1.65 bits per heavy atom. The molecule has 1 heterocycles. The molecular formula is C26H33N3O2. The maximum atomic E-state index is 13.5. The molecule has 31 heavy (non-hydrogen) atoms. The average molecular weight is 420 g/mol. The van der Waals surface area contributed by atoms with Crippen molar-refractivity contribution in [3.63, 3.8) is 0 Å². The summed E-state index contributed by atoms with van der Waals surface area (Å²) in [4.78, 5) is 30.4. The van der Waals surface area contributed by atoms with E-state index in [0.717, 1.165) is 16.5 Å². The molecule has 2 amide bonds. The van der Waals surface area contributed by atoms with Crippen LogP contribution in [0.25, 0.3) is 10.8 Å². The summed E-state index contributed by atoms with van der Waals surface area (Å²) < 4.78 is 2.03. The largest absolute Gasteiger partial charge is 0.353 e. The van der Waals surface area contributed by atoms with Crippen LogP contribution in [0.2, 0.25) is 0 Å². The van der Waals surface area contributed by atoms with E-state index >= 15 is 0 Å². The molecule has 0 aliphatic heterocycles. The first kappa shape index (κ1) is 22.6. The van der Waals surface area contributed by atoms with Crippen molar-refractivity contribution in [2.24, 2.45) is 13.0 Å². The van der Waals surface area contributed by atoms with Gasteiger partial charge in [-0.15, -0.1) is 0 Å². The van der Waals surface area contributed by atoms with E-state index in [0.29, 0.717) is 24.6 Å². The van der Waals surface area contributed by atoms with Gasteiger partial charge in [-0.2, -0.15) is 0 Å². The molecule has 1 aromatic heterocycles. The minimum absolute atomic E-state index is 0.0304. The maximum absolute atomic E-state index is 13.5. The SMILES string of the molecule is CC(C)CN(Cc1cccn1C)C(=O)CN(C(=O)c1cccc2ccccc12)C(C)C. The van der Waals surface area contributed by atoms with Gasteiger partial charge in [0.15, 0.2) is 0 Å². The molecule has 164 valence electrons. The van der Waals surface area contributed by atoms with E-state index in [4.69, 9.17) is 0 Å². The molecule has 3 rings (SSSR count). The molecule has 3 aromatic rings. The van der Waals surface area contributed by atoms with Gasteiger partial charge in [0.25, 0.3) is 5.91 Å². The minimum atomic E-state index is -0.108. The molecule has 0 spiro atoms. The second kappa shape index (κ2) is 9.82. The Morgan fingerprint density at radius 3 is 2.29 bits per heavy atom. The molecule has 5 heteroatoms. The lowest BCUT2D eigenvalue weighted by atomic mass is 10.0. The maximum Gasteiger partial charge on any atom is 0.255 e. The number of hydrogen-bond donors (Lipinski definition) is 0. The molecule has 0 aliphatic rings. The van der Waals surface area contributed by atoms with Gasteiger partial charge in [-0.1, -0.05) is 50.2 Å². The summed E-state index contributed by atoms with van der Waals surface area (Å²) in [5, 5.41) is 1.93. The van der Waals surface area contributed by atoms with Crippen molar-refractivity contribution in [2.75, 3.05) is 13.1 Å². The Morgan fingerprint density at radius 1 is 0.935 bits per heavy atom. The van der Waals surface area contributed by atoms with Crippen LogP contribution in [0.3, 0.4) is 0 Å². The highest BCUT2D eigenvalue weighted by molar-refractivity contribution is 6.07. The highest BCUT2D eigenvalue weighted by atomic mass is 16.2. The smallest absolute Gasteiger partial charge is 0.255 e. The van der Waals surface area contributed by atoms with E-state index < -0.39 is 0 Å². The molecule has 0 atom stereocenters. The van der Waals surface area contributed by atoms with Gasteiger partial charge in [0.1, 0.15) is 6.54 Å². The van der Waals surface area contributed by atoms with Crippen molar-refractivity contribution in [1.29, 1.82) is 0 Å².